The molecular weight excluding hydrogens is 400 g/mol. The van der Waals surface area contributed by atoms with Crippen LogP contribution in [0.3, 0.4) is 0 Å². The highest BCUT2D eigenvalue weighted by molar-refractivity contribution is 7.80. The first-order valence-corrected chi connectivity index (χ1v) is 8.43. The second-order valence-corrected chi connectivity index (χ2v) is 6.33. The Morgan fingerprint density at radius 2 is 2.00 bits per heavy atom. The Morgan fingerprint density at radius 1 is 1.37 bits per heavy atom. The zero-order valence-corrected chi connectivity index (χ0v) is 14.1. The van der Waals surface area contributed by atoms with E-state index in [1.54, 1.807) is 0 Å². The van der Waals surface area contributed by atoms with E-state index in [0.717, 1.165) is 0 Å². The molecule has 7 N–H and O–H groups in total. The van der Waals surface area contributed by atoms with Crippen molar-refractivity contribution in [2.24, 2.45) is 0 Å². The lowest BCUT2D eigenvalue weighted by atomic mass is 10.0. The molecule has 156 valence electrons. The second-order valence-electron chi connectivity index (χ2n) is 5.28. The molecule has 0 fully saturated rings. The maximum atomic E-state index is 11.0. The molecule has 1 aliphatic heterocycles. The Balaban J connectivity index is 3.03. The molecule has 0 saturated carbocycles. The van der Waals surface area contributed by atoms with Crippen LogP contribution in [0.15, 0.2) is 11.8 Å². The Bertz CT molecular complexity index is 680. The fraction of sp³-hybridized carbons (Fsp3) is 0.667. The van der Waals surface area contributed by atoms with Crippen molar-refractivity contribution in [2.45, 2.75) is 42.9 Å². The lowest BCUT2D eigenvalue weighted by Gasteiger charge is -2.36. The molecule has 1 heterocycles. The quantitative estimate of drug-likeness (QED) is 0.123. The number of hydrogen-bond acceptors (Lipinski definition) is 13. The van der Waals surface area contributed by atoms with Crippen molar-refractivity contribution in [1.29, 1.82) is 1.43 Å². The van der Waals surface area contributed by atoms with Gasteiger partial charge in [-0.15, -0.1) is 0 Å². The van der Waals surface area contributed by atoms with Crippen LogP contribution in [0.4, 0.5) is 0 Å². The molecule has 0 aliphatic carbocycles. The van der Waals surface area contributed by atoms with Crippen molar-refractivity contribution in [3.05, 3.63) is 11.8 Å². The van der Waals surface area contributed by atoms with Crippen LogP contribution >= 0.6 is 0 Å². The lowest BCUT2D eigenvalue weighted by molar-refractivity contribution is -0.259. The molecule has 0 bridgehead atoms. The van der Waals surface area contributed by atoms with Crippen molar-refractivity contribution in [1.82, 2.24) is 0 Å². The van der Waals surface area contributed by atoms with Crippen LogP contribution in [0.5, 0.6) is 0 Å². The molecule has 0 aromatic rings. The summed E-state index contributed by atoms with van der Waals surface area (Å²) in [5.74, 6) is -2.52. The highest BCUT2D eigenvalue weighted by Gasteiger charge is 2.42. The first-order valence-electron chi connectivity index (χ1n) is 7.51. The minimum Gasteiger partial charge on any atom is -0.475 e. The Kier molecular flexibility index (Phi) is 7.59. The van der Waals surface area contributed by atoms with Crippen LogP contribution in [0.25, 0.3) is 1.43 Å². The van der Waals surface area contributed by atoms with E-state index >= 15 is 0 Å². The first kappa shape index (κ1) is 21.6. The molecule has 27 heavy (non-hydrogen) atoms. The number of carboxylic acids is 1. The molecule has 0 saturated heterocycles. The third kappa shape index (κ3) is 6.76. The van der Waals surface area contributed by atoms with Gasteiger partial charge in [0, 0.05) is 0 Å². The van der Waals surface area contributed by atoms with Crippen molar-refractivity contribution < 1.29 is 66.9 Å². The molecule has 0 aromatic heterocycles. The molecule has 7 atom stereocenters. The van der Waals surface area contributed by atoms with Crippen LogP contribution in [-0.2, 0) is 33.6 Å². The molecule has 0 amide bonds. The number of aldehydes is 1. The van der Waals surface area contributed by atoms with E-state index in [-0.39, 0.29) is 6.29 Å². The highest BCUT2D eigenvalue weighted by atomic mass is 32.3. The summed E-state index contributed by atoms with van der Waals surface area (Å²) in [7, 11) is -4.84. The molecular formula is C12H18O14S. The van der Waals surface area contributed by atoms with Gasteiger partial charge in [0.1, 0.15) is 36.6 Å². The summed E-state index contributed by atoms with van der Waals surface area (Å²) in [5.41, 5.74) is 0. The van der Waals surface area contributed by atoms with Gasteiger partial charge in [0.2, 0.25) is 13.5 Å². The first-order chi connectivity index (χ1) is 12.9. The van der Waals surface area contributed by atoms with Crippen LogP contribution in [0.2, 0.25) is 0 Å². The van der Waals surface area contributed by atoms with Crippen LogP contribution in [-0.4, -0.2) is 105 Å². The molecule has 0 spiro atoms. The fourth-order valence-electron chi connectivity index (χ4n) is 1.96. The van der Waals surface area contributed by atoms with Gasteiger partial charge in [0.25, 0.3) is 0 Å². The van der Waals surface area contributed by atoms with Crippen LogP contribution in [0.1, 0.15) is 0 Å². The highest BCUT2D eigenvalue weighted by Crippen LogP contribution is 2.23. The molecule has 0 aromatic carbocycles. The molecule has 0 unspecified atom stereocenters. The zero-order valence-electron chi connectivity index (χ0n) is 14.3. The maximum absolute atomic E-state index is 11.0. The van der Waals surface area contributed by atoms with Gasteiger partial charge in [-0.1, -0.05) is 0 Å². The van der Waals surface area contributed by atoms with Crippen molar-refractivity contribution in [3.8, 4) is 0 Å². The number of aliphatic hydroxyl groups is 5. The van der Waals surface area contributed by atoms with Gasteiger partial charge in [-0.3, -0.25) is 4.56 Å². The molecule has 0 radical (unpaired) electrons. The van der Waals surface area contributed by atoms with E-state index < -0.39 is 71.6 Å². The third-order valence-corrected chi connectivity index (χ3v) is 3.71. The minimum absolute atomic E-state index is 0.159. The van der Waals surface area contributed by atoms with Gasteiger partial charge in [0.05, 0.1) is 6.61 Å². The van der Waals surface area contributed by atoms with Gasteiger partial charge in [-0.25, -0.2) is 8.98 Å². The minimum atomic E-state index is -4.84. The van der Waals surface area contributed by atoms with Crippen molar-refractivity contribution >= 4 is 22.7 Å². The number of carboxylic acid groups (broad SMARTS) is 1. The average Bonchev–Trinajstić information content (AvgIpc) is 2.65. The number of carbonyl (C=O) groups is 2. The van der Waals surface area contributed by atoms with Gasteiger partial charge < -0.3 is 44.9 Å². The Morgan fingerprint density at radius 3 is 2.52 bits per heavy atom. The second kappa shape index (κ2) is 9.49. The molecule has 1 aliphatic rings. The summed E-state index contributed by atoms with van der Waals surface area (Å²) >= 11 is 0. The predicted octanol–water partition coefficient (Wildman–Crippen LogP) is -4.48. The van der Waals surface area contributed by atoms with Gasteiger partial charge >= 0.3 is 16.4 Å². The number of aliphatic carboxylic acids is 1. The summed E-state index contributed by atoms with van der Waals surface area (Å²) in [4.78, 5) is 21.6. The maximum Gasteiger partial charge on any atom is 0.397 e. The largest absolute Gasteiger partial charge is 0.475 e. The summed E-state index contributed by atoms with van der Waals surface area (Å²) < 4.78 is 45.2. The molecule has 1 rings (SSSR count). The molecule has 15 heteroatoms. The molecule has 14 nitrogen and oxygen atoms in total. The fourth-order valence-corrected chi connectivity index (χ4v) is 2.26. The summed E-state index contributed by atoms with van der Waals surface area (Å²) in [6.45, 7) is -1.21. The van der Waals surface area contributed by atoms with E-state index in [4.69, 9.17) is 16.0 Å². The van der Waals surface area contributed by atoms with Gasteiger partial charge in [0.15, 0.2) is 6.29 Å². The number of aliphatic hydroxyl groups excluding tert-OH is 5. The van der Waals surface area contributed by atoms with E-state index in [1.807, 2.05) is 0 Å². The predicted molar refractivity (Wildman–Crippen MR) is 79.1 cm³/mol. The number of ether oxygens (including phenoxy) is 2. The zero-order chi connectivity index (χ0) is 21.6. The van der Waals surface area contributed by atoms with Crippen LogP contribution in [0, 0.1) is 0 Å². The summed E-state index contributed by atoms with van der Waals surface area (Å²) in [6, 6.07) is 0. The standard InChI is InChI=1S/C12H18O14S/c13-2-5(15)8(17)10(6(16)3-24-27(21,22)23)26-12-9(18)4(14)1-7(25-12)11(19)20/h1-2,4-6,8-10,12,14-18H,3H2,(H,19,20)(H,21,22,23)/t4-,5-,6+,8+,9+,10+,12-/m0/s1/i/hD. The van der Waals surface area contributed by atoms with E-state index in [9.17, 15) is 43.5 Å². The van der Waals surface area contributed by atoms with E-state index in [2.05, 4.69) is 8.74 Å². The van der Waals surface area contributed by atoms with Gasteiger partial charge in [-0.05, 0) is 6.08 Å². The number of carbonyl (C=O) groups excluding carboxylic acids is 1. The topological polar surface area (TPSA) is 238 Å². The van der Waals surface area contributed by atoms with Crippen molar-refractivity contribution in [3.63, 3.8) is 0 Å². The van der Waals surface area contributed by atoms with Gasteiger partial charge in [-0.2, -0.15) is 8.42 Å². The monoisotopic (exact) mass is 419 g/mol. The normalized spacial score (nSPS) is 28.1. The lowest BCUT2D eigenvalue weighted by Crippen LogP contribution is -2.54. The Hall–Kier alpha value is -1.69. The summed E-state index contributed by atoms with van der Waals surface area (Å²) in [5, 5.41) is 57.7. The SMILES string of the molecule is [2H]OS(=O)(=O)OC[C@@H](O)[C@@H](O[C@@H]1OC(C(=O)O)=C[C@H](O)[C@H]1O)[C@H](O)[C@@H](O)C=O. The average molecular weight is 419 g/mol. The van der Waals surface area contributed by atoms with Crippen molar-refractivity contribution in [2.75, 3.05) is 6.61 Å². The van der Waals surface area contributed by atoms with E-state index in [1.165, 1.54) is 0 Å². The number of rotatable bonds is 11. The van der Waals surface area contributed by atoms with E-state index in [0.29, 0.717) is 6.08 Å². The van der Waals surface area contributed by atoms with Crippen LogP contribution < -0.4 is 0 Å². The summed E-state index contributed by atoms with van der Waals surface area (Å²) in [6.07, 6.45) is -13.9. The Labute approximate surface area is 153 Å². The number of hydrogen-bond donors (Lipinski definition) is 7. The smallest absolute Gasteiger partial charge is 0.397 e. The third-order valence-electron chi connectivity index (χ3n) is 3.28.